The number of carbonyl (C=O) groups excluding carboxylic acids is 1. The summed E-state index contributed by atoms with van der Waals surface area (Å²) in [5.74, 6) is 2.12. The number of carbonyl (C=O) groups is 1. The number of halogens is 1. The minimum absolute atomic E-state index is 0.187. The quantitative estimate of drug-likeness (QED) is 0.349. The normalized spacial score (nSPS) is 18.8. The second-order valence-electron chi connectivity index (χ2n) is 10.0. The monoisotopic (exact) mass is 531 g/mol. The number of benzene rings is 1. The van der Waals surface area contributed by atoms with Crippen molar-refractivity contribution in [2.24, 2.45) is 11.8 Å². The van der Waals surface area contributed by atoms with Gasteiger partial charge in [0, 0.05) is 60.4 Å². The third-order valence-corrected chi connectivity index (χ3v) is 7.68. The SMILES string of the molecule is CCCCOC(=O)N1CC2CN(c3ccc4nc(-c5ccc(Cl)cc5)c(-c5ccnc(N)c5)n4n3)CC2C1. The topological polar surface area (TPSA) is 102 Å². The predicted octanol–water partition coefficient (Wildman–Crippen LogP) is 5.00. The Bertz CT molecular complexity index is 1460. The molecule has 0 bridgehead atoms. The van der Waals surface area contributed by atoms with Crippen LogP contribution in [0.5, 0.6) is 0 Å². The first-order valence-corrected chi connectivity index (χ1v) is 13.4. The summed E-state index contributed by atoms with van der Waals surface area (Å²) in [6, 6.07) is 15.4. The molecule has 9 nitrogen and oxygen atoms in total. The van der Waals surface area contributed by atoms with Gasteiger partial charge >= 0.3 is 6.09 Å². The Kier molecular flexibility index (Phi) is 6.53. The first-order chi connectivity index (χ1) is 18.5. The lowest BCUT2D eigenvalue weighted by Gasteiger charge is -2.22. The van der Waals surface area contributed by atoms with Gasteiger partial charge in [0.2, 0.25) is 0 Å². The largest absolute Gasteiger partial charge is 0.449 e. The van der Waals surface area contributed by atoms with E-state index in [-0.39, 0.29) is 6.09 Å². The third-order valence-electron chi connectivity index (χ3n) is 7.43. The van der Waals surface area contributed by atoms with E-state index in [1.807, 2.05) is 57.9 Å². The molecule has 2 unspecified atom stereocenters. The van der Waals surface area contributed by atoms with Gasteiger partial charge in [-0.05, 0) is 42.8 Å². The number of hydrogen-bond donors (Lipinski definition) is 1. The Hall–Kier alpha value is -3.85. The molecule has 2 saturated heterocycles. The smallest absolute Gasteiger partial charge is 0.409 e. The average molecular weight is 532 g/mol. The molecule has 2 fully saturated rings. The molecule has 5 heterocycles. The highest BCUT2D eigenvalue weighted by Gasteiger charge is 2.42. The summed E-state index contributed by atoms with van der Waals surface area (Å²) >= 11 is 6.15. The van der Waals surface area contributed by atoms with Gasteiger partial charge in [0.15, 0.2) is 5.65 Å². The van der Waals surface area contributed by atoms with Crippen LogP contribution in [0.15, 0.2) is 54.7 Å². The minimum Gasteiger partial charge on any atom is -0.449 e. The fraction of sp³-hybridized carbons (Fsp3) is 0.357. The number of imidazole rings is 1. The molecule has 38 heavy (non-hydrogen) atoms. The van der Waals surface area contributed by atoms with E-state index in [0.717, 1.165) is 73.0 Å². The van der Waals surface area contributed by atoms with E-state index in [9.17, 15) is 4.79 Å². The standard InChI is InChI=1S/C28H30ClN7O2/c1-2-3-12-38-28(37)35-16-20-14-34(15-21(20)17-35)25-9-8-24-32-26(18-4-6-22(29)7-5-18)27(36(24)33-25)19-10-11-31-23(30)13-19/h4-11,13,20-21H,2-3,12,14-17H2,1H3,(H2,30,31). The van der Waals surface area contributed by atoms with Crippen LogP contribution in [0.4, 0.5) is 16.4 Å². The van der Waals surface area contributed by atoms with Gasteiger partial charge in [-0.3, -0.25) is 0 Å². The zero-order chi connectivity index (χ0) is 26.2. The number of aromatic nitrogens is 4. The first-order valence-electron chi connectivity index (χ1n) is 13.0. The van der Waals surface area contributed by atoms with Crippen molar-refractivity contribution in [2.45, 2.75) is 19.8 Å². The molecule has 10 heteroatoms. The van der Waals surface area contributed by atoms with Crippen LogP contribution in [0, 0.1) is 11.8 Å². The third kappa shape index (κ3) is 4.62. The number of rotatable bonds is 6. The molecule has 0 spiro atoms. The Morgan fingerprint density at radius 3 is 2.53 bits per heavy atom. The molecule has 0 radical (unpaired) electrons. The summed E-state index contributed by atoms with van der Waals surface area (Å²) in [6.07, 6.45) is 3.42. The van der Waals surface area contributed by atoms with Crippen LogP contribution in [0.1, 0.15) is 19.8 Å². The van der Waals surface area contributed by atoms with Crippen molar-refractivity contribution in [3.63, 3.8) is 0 Å². The van der Waals surface area contributed by atoms with Crippen molar-refractivity contribution >= 4 is 35.0 Å². The molecule has 1 amide bonds. The summed E-state index contributed by atoms with van der Waals surface area (Å²) in [7, 11) is 0. The number of likely N-dealkylation sites (tertiary alicyclic amines) is 1. The molecule has 0 aliphatic carbocycles. The van der Waals surface area contributed by atoms with Crippen molar-refractivity contribution in [1.29, 1.82) is 0 Å². The fourth-order valence-corrected chi connectivity index (χ4v) is 5.61. The summed E-state index contributed by atoms with van der Waals surface area (Å²) in [4.78, 5) is 25.7. The number of amides is 1. The number of anilines is 2. The summed E-state index contributed by atoms with van der Waals surface area (Å²) < 4.78 is 7.32. The first kappa shape index (κ1) is 24.5. The summed E-state index contributed by atoms with van der Waals surface area (Å²) in [5, 5.41) is 5.71. The van der Waals surface area contributed by atoms with Gasteiger partial charge < -0.3 is 20.3 Å². The average Bonchev–Trinajstić information content (AvgIpc) is 3.60. The number of fused-ring (bicyclic) bond motifs is 2. The number of unbranched alkanes of at least 4 members (excludes halogenated alkanes) is 1. The molecule has 4 aromatic rings. The highest BCUT2D eigenvalue weighted by Crippen LogP contribution is 2.36. The Morgan fingerprint density at radius 2 is 1.82 bits per heavy atom. The Morgan fingerprint density at radius 1 is 1.05 bits per heavy atom. The van der Waals surface area contributed by atoms with Crippen molar-refractivity contribution < 1.29 is 9.53 Å². The van der Waals surface area contributed by atoms with Crippen LogP contribution in [0.3, 0.4) is 0 Å². The van der Waals surface area contributed by atoms with Crippen molar-refractivity contribution in [1.82, 2.24) is 24.5 Å². The van der Waals surface area contributed by atoms with Gasteiger partial charge in [-0.25, -0.2) is 19.3 Å². The molecule has 2 N–H and O–H groups in total. The van der Waals surface area contributed by atoms with E-state index in [1.165, 1.54) is 0 Å². The van der Waals surface area contributed by atoms with E-state index in [4.69, 9.17) is 32.2 Å². The van der Waals surface area contributed by atoms with Gasteiger partial charge in [0.1, 0.15) is 17.3 Å². The molecular formula is C28H30ClN7O2. The minimum atomic E-state index is -0.187. The highest BCUT2D eigenvalue weighted by atomic mass is 35.5. The lowest BCUT2D eigenvalue weighted by molar-refractivity contribution is 0.107. The lowest BCUT2D eigenvalue weighted by Crippen LogP contribution is -2.34. The van der Waals surface area contributed by atoms with Gasteiger partial charge in [-0.2, -0.15) is 0 Å². The lowest BCUT2D eigenvalue weighted by atomic mass is 10.0. The maximum absolute atomic E-state index is 12.4. The molecule has 0 saturated carbocycles. The van der Waals surface area contributed by atoms with E-state index >= 15 is 0 Å². The van der Waals surface area contributed by atoms with Crippen molar-refractivity contribution in [2.75, 3.05) is 43.4 Å². The van der Waals surface area contributed by atoms with E-state index < -0.39 is 0 Å². The zero-order valence-electron chi connectivity index (χ0n) is 21.3. The molecular weight excluding hydrogens is 502 g/mol. The van der Waals surface area contributed by atoms with Gasteiger partial charge in [0.05, 0.1) is 12.3 Å². The molecule has 6 rings (SSSR count). The van der Waals surface area contributed by atoms with Crippen LogP contribution in [-0.2, 0) is 4.74 Å². The van der Waals surface area contributed by atoms with Crippen LogP contribution < -0.4 is 10.6 Å². The zero-order valence-corrected chi connectivity index (χ0v) is 22.0. The molecule has 2 aliphatic rings. The van der Waals surface area contributed by atoms with E-state index in [2.05, 4.69) is 16.8 Å². The van der Waals surface area contributed by atoms with Gasteiger partial charge in [-0.1, -0.05) is 37.1 Å². The number of nitrogen functional groups attached to an aromatic ring is 1. The predicted molar refractivity (Wildman–Crippen MR) is 148 cm³/mol. The van der Waals surface area contributed by atoms with Gasteiger partial charge in [0.25, 0.3) is 0 Å². The molecule has 2 atom stereocenters. The van der Waals surface area contributed by atoms with Crippen molar-refractivity contribution in [3.8, 4) is 22.5 Å². The second kappa shape index (κ2) is 10.1. The number of nitrogens with two attached hydrogens (primary N) is 1. The maximum Gasteiger partial charge on any atom is 0.409 e. The molecule has 3 aromatic heterocycles. The summed E-state index contributed by atoms with van der Waals surface area (Å²) in [6.45, 7) is 5.72. The van der Waals surface area contributed by atoms with Crippen LogP contribution >= 0.6 is 11.6 Å². The van der Waals surface area contributed by atoms with Crippen molar-refractivity contribution in [3.05, 3.63) is 59.8 Å². The highest BCUT2D eigenvalue weighted by molar-refractivity contribution is 6.30. The van der Waals surface area contributed by atoms with E-state index in [1.54, 1.807) is 6.20 Å². The van der Waals surface area contributed by atoms with E-state index in [0.29, 0.717) is 29.3 Å². The van der Waals surface area contributed by atoms with Crippen LogP contribution in [-0.4, -0.2) is 63.4 Å². The van der Waals surface area contributed by atoms with Gasteiger partial charge in [-0.15, -0.1) is 5.10 Å². The number of pyridine rings is 1. The van der Waals surface area contributed by atoms with Crippen LogP contribution in [0.2, 0.25) is 5.02 Å². The Balaban J connectivity index is 1.29. The fourth-order valence-electron chi connectivity index (χ4n) is 5.48. The number of hydrogen-bond acceptors (Lipinski definition) is 7. The molecule has 1 aromatic carbocycles. The summed E-state index contributed by atoms with van der Waals surface area (Å²) in [5.41, 5.74) is 10.2. The number of ether oxygens (including phenoxy) is 1. The van der Waals surface area contributed by atoms with Crippen LogP contribution in [0.25, 0.3) is 28.2 Å². The molecule has 2 aliphatic heterocycles. The Labute approximate surface area is 226 Å². The number of nitrogens with zero attached hydrogens (tertiary/aromatic N) is 6. The second-order valence-corrected chi connectivity index (χ2v) is 10.5. The maximum atomic E-state index is 12.4. The molecule has 196 valence electrons.